The summed E-state index contributed by atoms with van der Waals surface area (Å²) in [6.45, 7) is 9.96. The van der Waals surface area contributed by atoms with Crippen LogP contribution in [0.2, 0.25) is 0 Å². The predicted molar refractivity (Wildman–Crippen MR) is 199 cm³/mol. The summed E-state index contributed by atoms with van der Waals surface area (Å²) in [5.41, 5.74) is 11.2. The Balaban J connectivity index is 0.000000148. The highest BCUT2D eigenvalue weighted by Gasteiger charge is 2.49. The largest absolute Gasteiger partial charge is 0.314 e. The third-order valence-corrected chi connectivity index (χ3v) is 10.4. The molecule has 2 amide bonds. The SMILES string of the molecule is CN1C(=O)C(C)(C)c2ccc(-c3cc(-c4ccncc4)[nH]n3)cc21.Cc1cc(-c2cnn(-c3ccc4c(c3)N(C3CC3)C(=O)C4(C)C)c2)ccn1. The fourth-order valence-electron chi connectivity index (χ4n) is 7.24. The average Bonchev–Trinajstić information content (AvgIpc) is 3.48. The third kappa shape index (κ3) is 5.51. The van der Waals surface area contributed by atoms with E-state index in [1.54, 1.807) is 17.3 Å². The zero-order chi connectivity index (χ0) is 35.7. The number of rotatable bonds is 5. The lowest BCUT2D eigenvalue weighted by atomic mass is 9.85. The lowest BCUT2D eigenvalue weighted by Gasteiger charge is -2.19. The van der Waals surface area contributed by atoms with Crippen LogP contribution in [-0.2, 0) is 20.4 Å². The number of pyridine rings is 2. The molecule has 51 heavy (non-hydrogen) atoms. The minimum absolute atomic E-state index is 0.120. The van der Waals surface area contributed by atoms with Crippen LogP contribution in [0.15, 0.2) is 97.7 Å². The fourth-order valence-corrected chi connectivity index (χ4v) is 7.24. The minimum atomic E-state index is -0.476. The van der Waals surface area contributed by atoms with E-state index in [-0.39, 0.29) is 11.8 Å². The maximum Gasteiger partial charge on any atom is 0.237 e. The summed E-state index contributed by atoms with van der Waals surface area (Å²) in [6, 6.07) is 22.6. The Hall–Kier alpha value is -5.90. The van der Waals surface area contributed by atoms with E-state index in [0.717, 1.165) is 80.4 Å². The topological polar surface area (TPSA) is 113 Å². The van der Waals surface area contributed by atoms with Crippen molar-refractivity contribution < 1.29 is 9.59 Å². The van der Waals surface area contributed by atoms with E-state index in [0.29, 0.717) is 6.04 Å². The molecule has 0 saturated heterocycles. The van der Waals surface area contributed by atoms with Gasteiger partial charge in [-0.1, -0.05) is 18.2 Å². The second-order valence-corrected chi connectivity index (χ2v) is 14.7. The molecule has 2 aliphatic heterocycles. The predicted octanol–water partition coefficient (Wildman–Crippen LogP) is 7.42. The fraction of sp³-hybridized carbons (Fsp3) is 0.268. The summed E-state index contributed by atoms with van der Waals surface area (Å²) in [4.78, 5) is 37.4. The number of H-pyrrole nitrogens is 1. The van der Waals surface area contributed by atoms with Crippen LogP contribution in [0.5, 0.6) is 0 Å². The van der Waals surface area contributed by atoms with E-state index in [9.17, 15) is 9.59 Å². The number of carbonyl (C=O) groups is 2. The molecular formula is C41H40N8O2. The number of aryl methyl sites for hydroxylation is 1. The highest BCUT2D eigenvalue weighted by atomic mass is 16.2. The summed E-state index contributed by atoms with van der Waals surface area (Å²) < 4.78 is 1.88. The second kappa shape index (κ2) is 11.9. The Morgan fingerprint density at radius 1 is 0.745 bits per heavy atom. The smallest absolute Gasteiger partial charge is 0.237 e. The third-order valence-electron chi connectivity index (χ3n) is 10.4. The minimum Gasteiger partial charge on any atom is -0.314 e. The van der Waals surface area contributed by atoms with Crippen LogP contribution in [0, 0.1) is 6.92 Å². The van der Waals surface area contributed by atoms with Gasteiger partial charge in [-0.05, 0) is 113 Å². The van der Waals surface area contributed by atoms with Gasteiger partial charge in [0, 0.05) is 65.9 Å². The molecule has 1 fully saturated rings. The highest BCUT2D eigenvalue weighted by molar-refractivity contribution is 6.09. The van der Waals surface area contributed by atoms with Gasteiger partial charge in [0.05, 0.1) is 39.8 Å². The molecule has 0 atom stereocenters. The maximum atomic E-state index is 12.9. The van der Waals surface area contributed by atoms with Gasteiger partial charge < -0.3 is 9.80 Å². The zero-order valence-corrected chi connectivity index (χ0v) is 29.7. The van der Waals surface area contributed by atoms with Crippen molar-refractivity contribution in [3.05, 3.63) is 115 Å². The van der Waals surface area contributed by atoms with Crippen molar-refractivity contribution in [3.8, 4) is 39.3 Å². The lowest BCUT2D eigenvalue weighted by molar-refractivity contribution is -0.122. The highest BCUT2D eigenvalue weighted by Crippen LogP contribution is 2.47. The average molecular weight is 677 g/mol. The summed E-state index contributed by atoms with van der Waals surface area (Å²) in [6.07, 6.45) is 11.4. The molecule has 0 unspecified atom stereocenters. The van der Waals surface area contributed by atoms with Gasteiger partial charge in [-0.15, -0.1) is 0 Å². The van der Waals surface area contributed by atoms with Crippen LogP contribution >= 0.6 is 0 Å². The number of likely N-dealkylation sites (N-methyl/N-ethyl adjacent to an activating group) is 1. The standard InChI is InChI=1S/C22H22N4O.C19H18N4O/c1-14-10-15(8-9-23-14)16-12-24-25(13-16)18-6-7-19-20(11-18)26(17-4-5-17)21(27)22(19,2)3;1-19(2)14-5-4-13(10-17(14)23(3)18(19)24)16-11-15(21-22-16)12-6-8-20-9-7-12/h6-13,17H,4-5H2,1-3H3;4-11H,1-3H3,(H,21,22). The van der Waals surface area contributed by atoms with E-state index in [4.69, 9.17) is 0 Å². The Kier molecular flexibility index (Phi) is 7.52. The number of aromatic amines is 1. The lowest BCUT2D eigenvalue weighted by Crippen LogP contribution is -2.37. The van der Waals surface area contributed by atoms with Crippen LogP contribution in [0.3, 0.4) is 0 Å². The number of nitrogens with zero attached hydrogens (tertiary/aromatic N) is 7. The van der Waals surface area contributed by atoms with Gasteiger partial charge in [-0.2, -0.15) is 10.2 Å². The van der Waals surface area contributed by atoms with E-state index < -0.39 is 10.8 Å². The van der Waals surface area contributed by atoms with Crippen molar-refractivity contribution >= 4 is 23.2 Å². The molecule has 256 valence electrons. The number of carbonyl (C=O) groups excluding carboxylic acids is 2. The number of nitrogens with one attached hydrogen (secondary N) is 1. The first-order chi connectivity index (χ1) is 24.4. The van der Waals surface area contributed by atoms with Gasteiger partial charge in [0.25, 0.3) is 0 Å². The molecule has 0 spiro atoms. The number of hydrogen-bond donors (Lipinski definition) is 1. The summed E-state index contributed by atoms with van der Waals surface area (Å²) in [5, 5.41) is 12.0. The molecule has 0 bridgehead atoms. The number of aromatic nitrogens is 6. The molecule has 1 aliphatic carbocycles. The van der Waals surface area contributed by atoms with Gasteiger partial charge in [-0.3, -0.25) is 24.7 Å². The number of fused-ring (bicyclic) bond motifs is 2. The van der Waals surface area contributed by atoms with Crippen LogP contribution in [-0.4, -0.2) is 54.8 Å². The molecule has 1 saturated carbocycles. The quantitative estimate of drug-likeness (QED) is 0.203. The van der Waals surface area contributed by atoms with Crippen LogP contribution in [0.1, 0.15) is 57.4 Å². The normalized spacial score (nSPS) is 16.9. The number of amides is 2. The van der Waals surface area contributed by atoms with Crippen molar-refractivity contribution in [2.24, 2.45) is 0 Å². The van der Waals surface area contributed by atoms with Crippen molar-refractivity contribution in [3.63, 3.8) is 0 Å². The molecule has 0 radical (unpaired) electrons. The van der Waals surface area contributed by atoms with E-state index in [2.05, 4.69) is 49.5 Å². The molecule has 6 aromatic rings. The number of benzene rings is 2. The van der Waals surface area contributed by atoms with Crippen LogP contribution in [0.4, 0.5) is 11.4 Å². The Morgan fingerprint density at radius 3 is 2.20 bits per heavy atom. The van der Waals surface area contributed by atoms with Gasteiger partial charge >= 0.3 is 0 Å². The Morgan fingerprint density at radius 2 is 1.45 bits per heavy atom. The van der Waals surface area contributed by atoms with Gasteiger partial charge in [0.15, 0.2) is 0 Å². The van der Waals surface area contributed by atoms with E-state index >= 15 is 0 Å². The van der Waals surface area contributed by atoms with Crippen LogP contribution in [0.25, 0.3) is 39.3 Å². The number of hydrogen-bond acceptors (Lipinski definition) is 6. The summed E-state index contributed by atoms with van der Waals surface area (Å²) in [5.74, 6) is 0.333. The molecule has 9 rings (SSSR count). The van der Waals surface area contributed by atoms with Gasteiger partial charge in [-0.25, -0.2) is 4.68 Å². The second-order valence-electron chi connectivity index (χ2n) is 14.7. The molecule has 4 aromatic heterocycles. The monoisotopic (exact) mass is 676 g/mol. The summed E-state index contributed by atoms with van der Waals surface area (Å²) in [7, 11) is 1.83. The van der Waals surface area contributed by atoms with E-state index in [1.807, 2.05) is 112 Å². The first-order valence-electron chi connectivity index (χ1n) is 17.3. The van der Waals surface area contributed by atoms with Crippen molar-refractivity contribution in [1.29, 1.82) is 0 Å². The van der Waals surface area contributed by atoms with E-state index in [1.165, 1.54) is 0 Å². The van der Waals surface area contributed by atoms with Gasteiger partial charge in [0.2, 0.25) is 11.8 Å². The van der Waals surface area contributed by atoms with Crippen LogP contribution < -0.4 is 9.80 Å². The first-order valence-corrected chi connectivity index (χ1v) is 17.3. The Bertz CT molecular complexity index is 2320. The van der Waals surface area contributed by atoms with Crippen molar-refractivity contribution in [1.82, 2.24) is 29.9 Å². The van der Waals surface area contributed by atoms with Crippen molar-refractivity contribution in [2.45, 2.75) is 64.3 Å². The molecule has 10 nitrogen and oxygen atoms in total. The molecule has 6 heterocycles. The van der Waals surface area contributed by atoms with Gasteiger partial charge in [0.1, 0.15) is 0 Å². The molecule has 1 N–H and O–H groups in total. The Labute approximate surface area is 297 Å². The molecular weight excluding hydrogens is 637 g/mol. The summed E-state index contributed by atoms with van der Waals surface area (Å²) >= 11 is 0. The zero-order valence-electron chi connectivity index (χ0n) is 29.7. The maximum absolute atomic E-state index is 12.9. The molecule has 3 aliphatic rings. The molecule has 2 aromatic carbocycles. The molecule has 10 heteroatoms. The van der Waals surface area contributed by atoms with Crippen molar-refractivity contribution in [2.75, 3.05) is 16.8 Å². The first kappa shape index (κ1) is 32.3. The number of anilines is 2.